The summed E-state index contributed by atoms with van der Waals surface area (Å²) in [6, 6.07) is 9.56. The van der Waals surface area contributed by atoms with Gasteiger partial charge in [0.25, 0.3) is 0 Å². The molecule has 0 aliphatic carbocycles. The maximum Gasteiger partial charge on any atom is 0.319 e. The molecule has 4 heteroatoms. The van der Waals surface area contributed by atoms with E-state index in [4.69, 9.17) is 9.57 Å². The van der Waals surface area contributed by atoms with E-state index < -0.39 is 0 Å². The summed E-state index contributed by atoms with van der Waals surface area (Å²) in [6.07, 6.45) is -0.229. The summed E-state index contributed by atoms with van der Waals surface area (Å²) in [5.41, 5.74) is 1.60. The van der Waals surface area contributed by atoms with Gasteiger partial charge in [-0.15, -0.1) is 0 Å². The molecule has 0 saturated carbocycles. The lowest BCUT2D eigenvalue weighted by Gasteiger charge is -2.03. The summed E-state index contributed by atoms with van der Waals surface area (Å²) in [6.45, 7) is 0.309. The van der Waals surface area contributed by atoms with Gasteiger partial charge in [-0.05, 0) is 0 Å². The Labute approximate surface area is 86.5 Å². The molecule has 2 heterocycles. The fourth-order valence-corrected chi connectivity index (χ4v) is 1.90. The molecule has 0 unspecified atom stereocenters. The first kappa shape index (κ1) is 8.47. The maximum atomic E-state index is 11.5. The molecule has 1 aromatic rings. The van der Waals surface area contributed by atoms with Crippen LogP contribution in [0.25, 0.3) is 0 Å². The maximum absolute atomic E-state index is 11.5. The van der Waals surface area contributed by atoms with Crippen LogP contribution in [0.5, 0.6) is 0 Å². The van der Waals surface area contributed by atoms with Crippen molar-refractivity contribution in [2.75, 3.05) is 6.61 Å². The normalized spacial score (nSPS) is 28.0. The number of benzene rings is 1. The second kappa shape index (κ2) is 3.08. The van der Waals surface area contributed by atoms with Crippen LogP contribution in [0.2, 0.25) is 0 Å². The van der Waals surface area contributed by atoms with E-state index in [1.54, 1.807) is 0 Å². The summed E-state index contributed by atoms with van der Waals surface area (Å²) in [5.74, 6) is -0.576. The first-order chi connectivity index (χ1) is 7.36. The van der Waals surface area contributed by atoms with E-state index in [1.807, 2.05) is 30.3 Å². The van der Waals surface area contributed by atoms with Gasteiger partial charge in [-0.1, -0.05) is 35.5 Å². The lowest BCUT2D eigenvalue weighted by atomic mass is 9.94. The van der Waals surface area contributed by atoms with Gasteiger partial charge in [0.2, 0.25) is 0 Å². The Morgan fingerprint density at radius 3 is 2.87 bits per heavy atom. The highest BCUT2D eigenvalue weighted by Crippen LogP contribution is 2.29. The van der Waals surface area contributed by atoms with Gasteiger partial charge in [0.15, 0.2) is 6.10 Å². The molecule has 2 aliphatic rings. The third-order valence-corrected chi connectivity index (χ3v) is 2.67. The minimum absolute atomic E-state index is 0.229. The van der Waals surface area contributed by atoms with Crippen molar-refractivity contribution in [2.24, 2.45) is 11.1 Å². The van der Waals surface area contributed by atoms with Gasteiger partial charge in [-0.2, -0.15) is 0 Å². The van der Waals surface area contributed by atoms with Crippen LogP contribution < -0.4 is 0 Å². The summed E-state index contributed by atoms with van der Waals surface area (Å²) < 4.78 is 4.93. The highest BCUT2D eigenvalue weighted by Gasteiger charge is 2.47. The predicted octanol–water partition coefficient (Wildman–Crippen LogP) is 0.963. The van der Waals surface area contributed by atoms with Gasteiger partial charge in [0.05, 0.1) is 0 Å². The average molecular weight is 203 g/mol. The van der Waals surface area contributed by atoms with Crippen LogP contribution in [-0.4, -0.2) is 24.4 Å². The van der Waals surface area contributed by atoms with Gasteiger partial charge in [0, 0.05) is 5.56 Å². The molecular formula is C11H9NO3. The monoisotopic (exact) mass is 203 g/mol. The van der Waals surface area contributed by atoms with Crippen molar-refractivity contribution in [3.63, 3.8) is 0 Å². The molecule has 4 nitrogen and oxygen atoms in total. The second-order valence-electron chi connectivity index (χ2n) is 3.59. The smallest absolute Gasteiger partial charge is 0.319 e. The summed E-state index contributed by atoms with van der Waals surface area (Å²) in [5, 5.41) is 3.96. The third kappa shape index (κ3) is 1.21. The number of ether oxygens (including phenoxy) is 1. The molecule has 1 saturated heterocycles. The zero-order chi connectivity index (χ0) is 10.3. The van der Waals surface area contributed by atoms with E-state index in [0.29, 0.717) is 12.3 Å². The van der Waals surface area contributed by atoms with Gasteiger partial charge in [-0.25, -0.2) is 0 Å². The largest absolute Gasteiger partial charge is 0.461 e. The lowest BCUT2D eigenvalue weighted by Crippen LogP contribution is -2.24. The SMILES string of the molecule is O=C1OC[C@@H]2ON=C(c3ccccc3)[C@H]12. The van der Waals surface area contributed by atoms with Gasteiger partial charge in [-0.3, -0.25) is 4.79 Å². The van der Waals surface area contributed by atoms with Crippen LogP contribution in [0.4, 0.5) is 0 Å². The van der Waals surface area contributed by atoms with Crippen LogP contribution >= 0.6 is 0 Å². The predicted molar refractivity (Wildman–Crippen MR) is 52.3 cm³/mol. The zero-order valence-corrected chi connectivity index (χ0v) is 7.92. The molecule has 76 valence electrons. The topological polar surface area (TPSA) is 47.9 Å². The van der Waals surface area contributed by atoms with Crippen molar-refractivity contribution in [2.45, 2.75) is 6.10 Å². The fraction of sp³-hybridized carbons (Fsp3) is 0.273. The van der Waals surface area contributed by atoms with E-state index in [9.17, 15) is 4.79 Å². The molecule has 0 spiro atoms. The van der Waals surface area contributed by atoms with Crippen LogP contribution in [0.1, 0.15) is 5.56 Å². The number of carbonyl (C=O) groups is 1. The van der Waals surface area contributed by atoms with Crippen LogP contribution in [-0.2, 0) is 14.4 Å². The molecule has 2 atom stereocenters. The summed E-state index contributed by atoms with van der Waals surface area (Å²) in [7, 11) is 0. The molecule has 1 aromatic carbocycles. The summed E-state index contributed by atoms with van der Waals surface area (Å²) >= 11 is 0. The molecule has 0 bridgehead atoms. The molecule has 1 fully saturated rings. The number of carbonyl (C=O) groups excluding carboxylic acids is 1. The molecule has 3 rings (SSSR count). The number of hydrogen-bond donors (Lipinski definition) is 0. The van der Waals surface area contributed by atoms with Gasteiger partial charge >= 0.3 is 5.97 Å². The van der Waals surface area contributed by atoms with Crippen LogP contribution in [0, 0.1) is 5.92 Å². The van der Waals surface area contributed by atoms with Gasteiger partial charge < -0.3 is 9.57 Å². The Bertz CT molecular complexity index is 427. The number of nitrogens with zero attached hydrogens (tertiary/aromatic N) is 1. The first-order valence-corrected chi connectivity index (χ1v) is 4.82. The Balaban J connectivity index is 1.98. The molecule has 15 heavy (non-hydrogen) atoms. The number of rotatable bonds is 1. The lowest BCUT2D eigenvalue weighted by molar-refractivity contribution is -0.139. The van der Waals surface area contributed by atoms with E-state index in [0.717, 1.165) is 5.56 Å². The van der Waals surface area contributed by atoms with Crippen molar-refractivity contribution >= 4 is 11.7 Å². The Hall–Kier alpha value is -1.84. The first-order valence-electron chi connectivity index (χ1n) is 4.82. The number of esters is 1. The van der Waals surface area contributed by atoms with E-state index in [1.165, 1.54) is 0 Å². The second-order valence-corrected chi connectivity index (χ2v) is 3.59. The fourth-order valence-electron chi connectivity index (χ4n) is 1.90. The minimum Gasteiger partial charge on any atom is -0.461 e. The molecule has 2 aliphatic heterocycles. The van der Waals surface area contributed by atoms with E-state index in [-0.39, 0.29) is 18.0 Å². The Morgan fingerprint density at radius 2 is 2.07 bits per heavy atom. The molecule has 0 radical (unpaired) electrons. The molecule has 0 N–H and O–H groups in total. The highest BCUT2D eigenvalue weighted by atomic mass is 16.7. The molecule has 0 aromatic heterocycles. The number of cyclic esters (lactones) is 1. The third-order valence-electron chi connectivity index (χ3n) is 2.67. The Morgan fingerprint density at radius 1 is 1.27 bits per heavy atom. The average Bonchev–Trinajstić information content (AvgIpc) is 2.84. The number of hydrogen-bond acceptors (Lipinski definition) is 4. The van der Waals surface area contributed by atoms with Crippen molar-refractivity contribution in [1.82, 2.24) is 0 Å². The van der Waals surface area contributed by atoms with Crippen LogP contribution in [0.3, 0.4) is 0 Å². The standard InChI is InChI=1S/C11H9NO3/c13-11-9-8(6-14-11)15-12-10(9)7-4-2-1-3-5-7/h1-5,8-9H,6H2/t8-,9+/m0/s1. The van der Waals surface area contributed by atoms with Crippen molar-refractivity contribution < 1.29 is 14.4 Å². The van der Waals surface area contributed by atoms with Crippen molar-refractivity contribution in [1.29, 1.82) is 0 Å². The number of fused-ring (bicyclic) bond motifs is 1. The van der Waals surface area contributed by atoms with Crippen LogP contribution in [0.15, 0.2) is 35.5 Å². The minimum atomic E-state index is -0.340. The Kier molecular flexibility index (Phi) is 1.74. The van der Waals surface area contributed by atoms with Gasteiger partial charge in [0.1, 0.15) is 18.2 Å². The van der Waals surface area contributed by atoms with E-state index in [2.05, 4.69) is 5.16 Å². The van der Waals surface area contributed by atoms with Crippen molar-refractivity contribution in [3.05, 3.63) is 35.9 Å². The molecule has 0 amide bonds. The van der Waals surface area contributed by atoms with E-state index >= 15 is 0 Å². The molecular weight excluding hydrogens is 194 g/mol. The quantitative estimate of drug-likeness (QED) is 0.639. The summed E-state index contributed by atoms with van der Waals surface area (Å²) in [4.78, 5) is 16.6. The van der Waals surface area contributed by atoms with Crippen molar-refractivity contribution in [3.8, 4) is 0 Å². The number of oxime groups is 1. The zero-order valence-electron chi connectivity index (χ0n) is 7.92. The highest BCUT2D eigenvalue weighted by molar-refractivity contribution is 6.13.